The van der Waals surface area contributed by atoms with E-state index in [0.717, 1.165) is 52.2 Å². The van der Waals surface area contributed by atoms with Gasteiger partial charge in [0.15, 0.2) is 5.84 Å². The molecule has 2 atom stereocenters. The van der Waals surface area contributed by atoms with Gasteiger partial charge in [-0.3, -0.25) is 9.80 Å². The third kappa shape index (κ3) is 4.83. The lowest BCUT2D eigenvalue weighted by molar-refractivity contribution is -0.0154. The van der Waals surface area contributed by atoms with Gasteiger partial charge in [0, 0.05) is 39.3 Å². The summed E-state index contributed by atoms with van der Waals surface area (Å²) in [6.07, 6.45) is 6.11. The molecule has 0 bridgehead atoms. The van der Waals surface area contributed by atoms with Crippen molar-refractivity contribution in [2.75, 3.05) is 39.3 Å². The van der Waals surface area contributed by atoms with Crippen molar-refractivity contribution in [1.29, 1.82) is 0 Å². The second-order valence-electron chi connectivity index (χ2n) is 6.15. The van der Waals surface area contributed by atoms with E-state index in [2.05, 4.69) is 21.9 Å². The van der Waals surface area contributed by atoms with Gasteiger partial charge in [-0.05, 0) is 25.7 Å². The Morgan fingerprint density at radius 1 is 1.33 bits per heavy atom. The Hall–Kier alpha value is -0.850. The van der Waals surface area contributed by atoms with E-state index in [-0.39, 0.29) is 6.04 Å². The topological polar surface area (TPSA) is 74.3 Å². The molecule has 2 fully saturated rings. The number of amidine groups is 1. The normalized spacial score (nSPS) is 27.7. The maximum Gasteiger partial charge on any atom is 0.156 e. The molecule has 2 rings (SSSR count). The fraction of sp³-hybridized carbons (Fsp3) is 0.933. The third-order valence-corrected chi connectivity index (χ3v) is 4.60. The number of oxime groups is 1. The Morgan fingerprint density at radius 2 is 2.10 bits per heavy atom. The third-order valence-electron chi connectivity index (χ3n) is 4.60. The number of nitrogens with two attached hydrogens (primary N) is 1. The van der Waals surface area contributed by atoms with Gasteiger partial charge in [0.1, 0.15) is 0 Å². The molecule has 0 aromatic rings. The average Bonchev–Trinajstić information content (AvgIpc) is 2.54. The minimum Gasteiger partial charge on any atom is -0.409 e. The molecule has 2 saturated heterocycles. The van der Waals surface area contributed by atoms with Crippen molar-refractivity contribution < 1.29 is 9.94 Å². The second kappa shape index (κ2) is 8.56. The van der Waals surface area contributed by atoms with Gasteiger partial charge in [-0.25, -0.2) is 0 Å². The van der Waals surface area contributed by atoms with Gasteiger partial charge < -0.3 is 15.7 Å². The zero-order chi connectivity index (χ0) is 15.1. The number of hydrogen-bond donors (Lipinski definition) is 2. The Bertz CT molecular complexity index is 324. The summed E-state index contributed by atoms with van der Waals surface area (Å²) in [4.78, 5) is 4.83. The largest absolute Gasteiger partial charge is 0.409 e. The predicted molar refractivity (Wildman–Crippen MR) is 83.7 cm³/mol. The van der Waals surface area contributed by atoms with Crippen LogP contribution in [0.4, 0.5) is 0 Å². The van der Waals surface area contributed by atoms with Gasteiger partial charge in [0.2, 0.25) is 0 Å². The molecule has 6 heteroatoms. The Balaban J connectivity index is 1.78. The second-order valence-corrected chi connectivity index (χ2v) is 6.15. The van der Waals surface area contributed by atoms with Crippen LogP contribution in [0.2, 0.25) is 0 Å². The van der Waals surface area contributed by atoms with Crippen LogP contribution in [0.1, 0.15) is 39.0 Å². The standard InChI is InChI=1S/C15H30N4O2/c1-2-5-14(15(16)17-20)19-9-7-18(8-10-19)12-13-6-3-4-11-21-13/h13-14,20H,2-12H2,1H3,(H2,16,17). The molecule has 0 amide bonds. The lowest BCUT2D eigenvalue weighted by Gasteiger charge is -2.40. The highest BCUT2D eigenvalue weighted by Crippen LogP contribution is 2.16. The van der Waals surface area contributed by atoms with E-state index >= 15 is 0 Å². The Labute approximate surface area is 127 Å². The lowest BCUT2D eigenvalue weighted by atomic mass is 10.1. The first kappa shape index (κ1) is 16.5. The fourth-order valence-electron chi connectivity index (χ4n) is 3.35. The van der Waals surface area contributed by atoms with Crippen molar-refractivity contribution in [3.05, 3.63) is 0 Å². The van der Waals surface area contributed by atoms with Crippen LogP contribution in [0.5, 0.6) is 0 Å². The van der Waals surface area contributed by atoms with Crippen LogP contribution in [-0.2, 0) is 4.74 Å². The fourth-order valence-corrected chi connectivity index (χ4v) is 3.35. The van der Waals surface area contributed by atoms with Crippen molar-refractivity contribution in [2.24, 2.45) is 10.9 Å². The van der Waals surface area contributed by atoms with E-state index in [1.165, 1.54) is 19.3 Å². The zero-order valence-electron chi connectivity index (χ0n) is 13.2. The molecule has 0 aliphatic carbocycles. The molecular weight excluding hydrogens is 268 g/mol. The molecule has 21 heavy (non-hydrogen) atoms. The number of ether oxygens (including phenoxy) is 1. The molecule has 2 heterocycles. The summed E-state index contributed by atoms with van der Waals surface area (Å²) >= 11 is 0. The van der Waals surface area contributed by atoms with Crippen LogP contribution < -0.4 is 5.73 Å². The highest BCUT2D eigenvalue weighted by Gasteiger charge is 2.27. The first-order valence-electron chi connectivity index (χ1n) is 8.30. The monoisotopic (exact) mass is 298 g/mol. The van der Waals surface area contributed by atoms with E-state index in [1.807, 2.05) is 0 Å². The summed E-state index contributed by atoms with van der Waals surface area (Å²) in [5.41, 5.74) is 5.84. The molecule has 0 spiro atoms. The highest BCUT2D eigenvalue weighted by molar-refractivity contribution is 5.85. The van der Waals surface area contributed by atoms with E-state index in [1.54, 1.807) is 0 Å². The smallest absolute Gasteiger partial charge is 0.156 e. The van der Waals surface area contributed by atoms with Crippen LogP contribution in [0.3, 0.4) is 0 Å². The summed E-state index contributed by atoms with van der Waals surface area (Å²) in [5.74, 6) is 0.348. The van der Waals surface area contributed by atoms with E-state index in [4.69, 9.17) is 15.7 Å². The molecular formula is C15H30N4O2. The van der Waals surface area contributed by atoms with Crippen LogP contribution in [0.25, 0.3) is 0 Å². The first-order chi connectivity index (χ1) is 10.2. The van der Waals surface area contributed by atoms with Crippen LogP contribution in [0.15, 0.2) is 5.16 Å². The first-order valence-corrected chi connectivity index (χ1v) is 8.30. The van der Waals surface area contributed by atoms with Crippen molar-refractivity contribution in [2.45, 2.75) is 51.2 Å². The van der Waals surface area contributed by atoms with Crippen molar-refractivity contribution in [3.8, 4) is 0 Å². The molecule has 2 unspecified atom stereocenters. The van der Waals surface area contributed by atoms with Gasteiger partial charge in [-0.15, -0.1) is 0 Å². The van der Waals surface area contributed by atoms with Crippen LogP contribution in [0, 0.1) is 0 Å². The van der Waals surface area contributed by atoms with Gasteiger partial charge in [-0.2, -0.15) is 0 Å². The van der Waals surface area contributed by atoms with Gasteiger partial charge in [0.05, 0.1) is 12.1 Å². The molecule has 3 N–H and O–H groups in total. The summed E-state index contributed by atoms with van der Waals surface area (Å²) in [6.45, 7) is 8.15. The van der Waals surface area contributed by atoms with Crippen LogP contribution in [-0.4, -0.2) is 72.3 Å². The van der Waals surface area contributed by atoms with Crippen molar-refractivity contribution in [3.63, 3.8) is 0 Å². The molecule has 6 nitrogen and oxygen atoms in total. The van der Waals surface area contributed by atoms with E-state index < -0.39 is 0 Å². The summed E-state index contributed by atoms with van der Waals surface area (Å²) in [5, 5.41) is 12.2. The quantitative estimate of drug-likeness (QED) is 0.332. The zero-order valence-corrected chi connectivity index (χ0v) is 13.2. The lowest BCUT2D eigenvalue weighted by Crippen LogP contribution is -2.55. The average molecular weight is 298 g/mol. The summed E-state index contributed by atoms with van der Waals surface area (Å²) < 4.78 is 5.82. The van der Waals surface area contributed by atoms with E-state index in [9.17, 15) is 0 Å². The molecule has 0 saturated carbocycles. The highest BCUT2D eigenvalue weighted by atomic mass is 16.5. The van der Waals surface area contributed by atoms with Crippen LogP contribution >= 0.6 is 0 Å². The Kier molecular flexibility index (Phi) is 6.73. The summed E-state index contributed by atoms with van der Waals surface area (Å²) in [7, 11) is 0. The Morgan fingerprint density at radius 3 is 2.67 bits per heavy atom. The number of piperazine rings is 1. The number of nitrogens with zero attached hydrogens (tertiary/aromatic N) is 3. The maximum atomic E-state index is 8.94. The molecule has 0 aromatic carbocycles. The van der Waals surface area contributed by atoms with Crippen molar-refractivity contribution in [1.82, 2.24) is 9.80 Å². The SMILES string of the molecule is CCCC(C(N)=NO)N1CCN(CC2CCCCO2)CC1. The molecule has 0 radical (unpaired) electrons. The van der Waals surface area contributed by atoms with Crippen molar-refractivity contribution >= 4 is 5.84 Å². The summed E-state index contributed by atoms with van der Waals surface area (Å²) in [6, 6.07) is 0.0769. The maximum absolute atomic E-state index is 8.94. The van der Waals surface area contributed by atoms with E-state index in [0.29, 0.717) is 11.9 Å². The predicted octanol–water partition coefficient (Wildman–Crippen LogP) is 1.09. The minimum absolute atomic E-state index is 0.0769. The minimum atomic E-state index is 0.0769. The molecule has 0 aromatic heterocycles. The molecule has 122 valence electrons. The van der Waals surface area contributed by atoms with Gasteiger partial charge in [0.25, 0.3) is 0 Å². The number of rotatable bonds is 6. The number of hydrogen-bond acceptors (Lipinski definition) is 5. The van der Waals surface area contributed by atoms with Gasteiger partial charge in [-0.1, -0.05) is 18.5 Å². The molecule has 2 aliphatic rings. The molecule has 2 aliphatic heterocycles. The van der Waals surface area contributed by atoms with Gasteiger partial charge >= 0.3 is 0 Å².